The van der Waals surface area contributed by atoms with Crippen molar-refractivity contribution >= 4 is 23.6 Å². The van der Waals surface area contributed by atoms with Gasteiger partial charge >= 0.3 is 5.97 Å². The highest BCUT2D eigenvalue weighted by Crippen LogP contribution is 2.40. The number of carbonyl (C=O) groups is 2. The smallest absolute Gasteiger partial charge is 0.352 e. The number of amides is 1. The van der Waals surface area contributed by atoms with Gasteiger partial charge in [-0.25, -0.2) is 4.79 Å². The van der Waals surface area contributed by atoms with Gasteiger partial charge in [-0.2, -0.15) is 11.8 Å². The van der Waals surface area contributed by atoms with Crippen molar-refractivity contribution < 1.29 is 14.7 Å². The van der Waals surface area contributed by atoms with Crippen LogP contribution >= 0.6 is 11.8 Å². The number of hydrogen-bond acceptors (Lipinski definition) is 3. The Balaban J connectivity index is 1.66. The van der Waals surface area contributed by atoms with Crippen LogP contribution in [-0.2, 0) is 9.59 Å². The molecule has 0 aromatic carbocycles. The zero-order valence-electron chi connectivity index (χ0n) is 10.9. The summed E-state index contributed by atoms with van der Waals surface area (Å²) in [5, 5.41) is 9.98. The molecule has 0 aromatic heterocycles. The quantitative estimate of drug-likeness (QED) is 0.804. The molecule has 1 atom stereocenters. The van der Waals surface area contributed by atoms with E-state index in [0.717, 1.165) is 17.7 Å². The summed E-state index contributed by atoms with van der Waals surface area (Å²) in [7, 11) is 0. The fourth-order valence-electron chi connectivity index (χ4n) is 3.34. The molecule has 2 aliphatic heterocycles. The molecule has 2 heterocycles. The number of β-lactam (4-membered cyclic amide) rings is 1. The number of thioether (sulfide) groups is 1. The first-order valence-electron chi connectivity index (χ1n) is 7.06. The van der Waals surface area contributed by atoms with Crippen molar-refractivity contribution in [2.75, 3.05) is 5.75 Å². The van der Waals surface area contributed by atoms with Crippen LogP contribution in [0.1, 0.15) is 44.9 Å². The summed E-state index contributed by atoms with van der Waals surface area (Å²) in [5.41, 5.74) is 1.25. The van der Waals surface area contributed by atoms with E-state index in [2.05, 4.69) is 0 Å². The maximum Gasteiger partial charge on any atom is 0.352 e. The van der Waals surface area contributed by atoms with E-state index in [4.69, 9.17) is 0 Å². The summed E-state index contributed by atoms with van der Waals surface area (Å²) in [4.78, 5) is 24.3. The lowest BCUT2D eigenvalue weighted by Crippen LogP contribution is -2.49. The van der Waals surface area contributed by atoms with Crippen LogP contribution in [0.2, 0.25) is 0 Å². The number of carbonyl (C=O) groups excluding carboxylic acids is 1. The lowest BCUT2D eigenvalue weighted by molar-refractivity contribution is -0.147. The van der Waals surface area contributed by atoms with Crippen LogP contribution in [-0.4, -0.2) is 38.9 Å². The van der Waals surface area contributed by atoms with E-state index in [-0.39, 0.29) is 17.6 Å². The van der Waals surface area contributed by atoms with E-state index in [0.29, 0.717) is 11.7 Å². The van der Waals surface area contributed by atoms with Gasteiger partial charge in [0.25, 0.3) is 0 Å². The number of hydrogen-bond donors (Lipinski definition) is 1. The fraction of sp³-hybridized carbons (Fsp3) is 0.714. The lowest BCUT2D eigenvalue weighted by Gasteiger charge is -2.35. The molecule has 1 saturated carbocycles. The van der Waals surface area contributed by atoms with Gasteiger partial charge in [-0.05, 0) is 24.8 Å². The standard InChI is InChI=1S/C14H19NO3S/c16-12-7-10-6-9(13(14(17)18)15(10)12)8-19-11-4-2-1-3-5-11/h10-11H,1-8H2,(H,17,18). The highest BCUT2D eigenvalue weighted by Gasteiger charge is 2.47. The van der Waals surface area contributed by atoms with Crippen LogP contribution in [0.4, 0.5) is 0 Å². The average molecular weight is 281 g/mol. The van der Waals surface area contributed by atoms with Gasteiger partial charge in [-0.3, -0.25) is 4.79 Å². The Morgan fingerprint density at radius 1 is 1.26 bits per heavy atom. The van der Waals surface area contributed by atoms with Crippen LogP contribution in [0.5, 0.6) is 0 Å². The van der Waals surface area contributed by atoms with Crippen molar-refractivity contribution in [3.8, 4) is 0 Å². The predicted octanol–water partition coefficient (Wildman–Crippen LogP) is 2.40. The van der Waals surface area contributed by atoms with E-state index in [1.165, 1.54) is 37.0 Å². The maximum absolute atomic E-state index is 11.5. The molecule has 0 bridgehead atoms. The Kier molecular flexibility index (Phi) is 3.56. The molecule has 4 nitrogen and oxygen atoms in total. The van der Waals surface area contributed by atoms with Crippen LogP contribution in [0, 0.1) is 0 Å². The van der Waals surface area contributed by atoms with E-state index in [1.807, 2.05) is 11.8 Å². The van der Waals surface area contributed by atoms with Gasteiger partial charge in [0, 0.05) is 23.5 Å². The molecule has 104 valence electrons. The molecule has 19 heavy (non-hydrogen) atoms. The minimum Gasteiger partial charge on any atom is -0.477 e. The third kappa shape index (κ3) is 2.40. The first-order valence-corrected chi connectivity index (χ1v) is 8.10. The number of aliphatic carboxylic acids is 1. The molecule has 1 amide bonds. The van der Waals surface area contributed by atoms with Crippen LogP contribution < -0.4 is 0 Å². The van der Waals surface area contributed by atoms with Crippen molar-refractivity contribution in [2.45, 2.75) is 56.2 Å². The summed E-state index contributed by atoms with van der Waals surface area (Å²) in [5.74, 6) is -0.179. The Morgan fingerprint density at radius 2 is 2.00 bits per heavy atom. The van der Waals surface area contributed by atoms with Gasteiger partial charge in [-0.15, -0.1) is 0 Å². The predicted molar refractivity (Wildman–Crippen MR) is 73.9 cm³/mol. The Bertz CT molecular complexity index is 440. The van der Waals surface area contributed by atoms with Crippen molar-refractivity contribution in [3.63, 3.8) is 0 Å². The molecular weight excluding hydrogens is 262 g/mol. The number of rotatable bonds is 4. The number of carboxylic acid groups (broad SMARTS) is 1. The van der Waals surface area contributed by atoms with Gasteiger partial charge in [-0.1, -0.05) is 19.3 Å². The zero-order valence-corrected chi connectivity index (χ0v) is 11.7. The van der Waals surface area contributed by atoms with Crippen molar-refractivity contribution in [1.82, 2.24) is 4.90 Å². The fourth-order valence-corrected chi connectivity index (χ4v) is 4.69. The lowest BCUT2D eigenvalue weighted by atomic mass is 10.0. The summed E-state index contributed by atoms with van der Waals surface area (Å²) in [6, 6.07) is 0.139. The summed E-state index contributed by atoms with van der Waals surface area (Å²) < 4.78 is 0. The third-order valence-electron chi connectivity index (χ3n) is 4.35. The second-order valence-electron chi connectivity index (χ2n) is 5.65. The Hall–Kier alpha value is -0.970. The molecule has 0 aromatic rings. The SMILES string of the molecule is O=C(O)C1=C(CSC2CCCCC2)CC2CC(=O)N12. The second kappa shape index (κ2) is 5.19. The second-order valence-corrected chi connectivity index (χ2v) is 6.94. The molecule has 1 aliphatic carbocycles. The highest BCUT2D eigenvalue weighted by molar-refractivity contribution is 8.00. The third-order valence-corrected chi connectivity index (χ3v) is 5.81. The van der Waals surface area contributed by atoms with E-state index in [1.54, 1.807) is 0 Å². The first-order chi connectivity index (χ1) is 9.16. The summed E-state index contributed by atoms with van der Waals surface area (Å²) >= 11 is 1.89. The average Bonchev–Trinajstić information content (AvgIpc) is 2.70. The maximum atomic E-state index is 11.5. The molecule has 1 unspecified atom stereocenters. The molecule has 0 spiro atoms. The molecule has 3 rings (SSSR count). The molecule has 1 N–H and O–H groups in total. The largest absolute Gasteiger partial charge is 0.477 e. The van der Waals surface area contributed by atoms with Gasteiger partial charge in [0.2, 0.25) is 5.91 Å². The zero-order chi connectivity index (χ0) is 13.4. The van der Waals surface area contributed by atoms with E-state index < -0.39 is 5.97 Å². The van der Waals surface area contributed by atoms with E-state index >= 15 is 0 Å². The molecule has 2 fully saturated rings. The van der Waals surface area contributed by atoms with Crippen molar-refractivity contribution in [1.29, 1.82) is 0 Å². The van der Waals surface area contributed by atoms with Gasteiger partial charge in [0.15, 0.2) is 0 Å². The number of fused-ring (bicyclic) bond motifs is 1. The van der Waals surface area contributed by atoms with Crippen molar-refractivity contribution in [3.05, 3.63) is 11.3 Å². The molecule has 3 aliphatic rings. The topological polar surface area (TPSA) is 57.6 Å². The molecule has 0 radical (unpaired) electrons. The summed E-state index contributed by atoms with van der Waals surface area (Å²) in [6.45, 7) is 0. The molecule has 5 heteroatoms. The Labute approximate surface area is 117 Å². The number of carboxylic acids is 1. The molecular formula is C14H19NO3S. The highest BCUT2D eigenvalue weighted by atomic mass is 32.2. The number of nitrogens with zero attached hydrogens (tertiary/aromatic N) is 1. The van der Waals surface area contributed by atoms with Crippen LogP contribution in [0.3, 0.4) is 0 Å². The van der Waals surface area contributed by atoms with Gasteiger partial charge < -0.3 is 10.0 Å². The molecule has 1 saturated heterocycles. The normalized spacial score (nSPS) is 27.5. The van der Waals surface area contributed by atoms with Gasteiger partial charge in [0.05, 0.1) is 0 Å². The Morgan fingerprint density at radius 3 is 2.63 bits per heavy atom. The minimum atomic E-state index is -0.935. The van der Waals surface area contributed by atoms with E-state index in [9.17, 15) is 14.7 Å². The minimum absolute atomic E-state index is 0.0277. The van der Waals surface area contributed by atoms with Crippen LogP contribution in [0.15, 0.2) is 11.3 Å². The summed E-state index contributed by atoms with van der Waals surface area (Å²) in [6.07, 6.45) is 7.75. The van der Waals surface area contributed by atoms with Crippen molar-refractivity contribution in [2.24, 2.45) is 0 Å². The van der Waals surface area contributed by atoms with Crippen LogP contribution in [0.25, 0.3) is 0 Å². The van der Waals surface area contributed by atoms with Gasteiger partial charge in [0.1, 0.15) is 5.70 Å². The monoisotopic (exact) mass is 281 g/mol. The first kappa shape index (κ1) is 13.0.